The average Bonchev–Trinajstić information content (AvgIpc) is 2.77. The number of hydrogen-bond donors (Lipinski definition) is 2. The molecule has 9 nitrogen and oxygen atoms in total. The molecule has 0 aliphatic carbocycles. The van der Waals surface area contributed by atoms with Crippen molar-refractivity contribution in [2.24, 2.45) is 0 Å². The molecule has 1 saturated heterocycles. The van der Waals surface area contributed by atoms with E-state index in [0.29, 0.717) is 11.6 Å². The fourth-order valence-electron chi connectivity index (χ4n) is 3.11. The minimum Gasteiger partial charge on any atom is -0.362 e. The predicted molar refractivity (Wildman–Crippen MR) is 104 cm³/mol. The number of anilines is 1. The molecular weight excluding hydrogens is 419 g/mol. The molecule has 2 aromatic carbocycles. The Balaban J connectivity index is 1.59. The molecule has 0 spiro atoms. The average molecular weight is 437 g/mol. The molecule has 0 atom stereocenters. The van der Waals surface area contributed by atoms with Crippen LogP contribution in [0.3, 0.4) is 0 Å². The van der Waals surface area contributed by atoms with Crippen molar-refractivity contribution in [2.75, 3.05) is 31.1 Å². The summed E-state index contributed by atoms with van der Waals surface area (Å²) in [5, 5.41) is 11.3. The van der Waals surface area contributed by atoms with Crippen LogP contribution in [0.5, 0.6) is 0 Å². The fraction of sp³-hybridized carbons (Fsp3) is 0.263. The van der Waals surface area contributed by atoms with Gasteiger partial charge < -0.3 is 9.80 Å². The topological polar surface area (TPSA) is 108 Å². The van der Waals surface area contributed by atoms with E-state index in [4.69, 9.17) is 0 Å². The van der Waals surface area contributed by atoms with Gasteiger partial charge in [0.1, 0.15) is 5.69 Å². The minimum absolute atomic E-state index is 0.0513. The number of nitro benzene ring substituents is 1. The number of hydrazine groups is 1. The van der Waals surface area contributed by atoms with Crippen molar-refractivity contribution in [3.05, 3.63) is 69.8 Å². The van der Waals surface area contributed by atoms with Gasteiger partial charge in [-0.25, -0.2) is 10.2 Å². The summed E-state index contributed by atoms with van der Waals surface area (Å²) in [5.41, 5.74) is 3.25. The van der Waals surface area contributed by atoms with Crippen LogP contribution in [0.15, 0.2) is 48.5 Å². The third-order valence-corrected chi connectivity index (χ3v) is 4.73. The number of halogens is 3. The van der Waals surface area contributed by atoms with E-state index in [9.17, 15) is 32.9 Å². The summed E-state index contributed by atoms with van der Waals surface area (Å²) in [6.45, 7) is 0.662. The molecule has 3 amide bonds. The van der Waals surface area contributed by atoms with E-state index in [2.05, 4.69) is 10.9 Å². The molecule has 1 heterocycles. The van der Waals surface area contributed by atoms with Crippen LogP contribution in [0, 0.1) is 10.1 Å². The highest BCUT2D eigenvalue weighted by Gasteiger charge is 2.34. The molecule has 1 fully saturated rings. The predicted octanol–water partition coefficient (Wildman–Crippen LogP) is 2.79. The molecule has 0 bridgehead atoms. The lowest BCUT2D eigenvalue weighted by molar-refractivity contribution is -0.384. The van der Waals surface area contributed by atoms with Gasteiger partial charge in [-0.1, -0.05) is 18.2 Å². The molecule has 2 aromatic rings. The van der Waals surface area contributed by atoms with Crippen molar-refractivity contribution in [2.45, 2.75) is 6.18 Å². The van der Waals surface area contributed by atoms with Crippen molar-refractivity contribution in [1.29, 1.82) is 0 Å². The van der Waals surface area contributed by atoms with Gasteiger partial charge in [0, 0.05) is 37.8 Å². The van der Waals surface area contributed by atoms with Gasteiger partial charge in [0.05, 0.1) is 10.5 Å². The number of carbonyl (C=O) groups is 2. The number of hydrogen-bond acceptors (Lipinski definition) is 5. The van der Waals surface area contributed by atoms with E-state index in [1.165, 1.54) is 4.90 Å². The van der Waals surface area contributed by atoms with Crippen LogP contribution in [-0.4, -0.2) is 47.9 Å². The van der Waals surface area contributed by atoms with Gasteiger partial charge in [0.15, 0.2) is 0 Å². The monoisotopic (exact) mass is 437 g/mol. The number of nitro groups is 1. The second-order valence-corrected chi connectivity index (χ2v) is 6.68. The van der Waals surface area contributed by atoms with Gasteiger partial charge in [-0.05, 0) is 24.3 Å². The number of nitrogens with one attached hydrogen (secondary N) is 2. The quantitative estimate of drug-likeness (QED) is 0.567. The van der Waals surface area contributed by atoms with E-state index in [1.807, 2.05) is 0 Å². The van der Waals surface area contributed by atoms with Crippen LogP contribution in [0.1, 0.15) is 15.9 Å². The Kier molecular flexibility index (Phi) is 6.28. The third-order valence-electron chi connectivity index (χ3n) is 4.73. The zero-order valence-electron chi connectivity index (χ0n) is 16.1. The first-order valence-corrected chi connectivity index (χ1v) is 9.17. The van der Waals surface area contributed by atoms with Gasteiger partial charge in [0.2, 0.25) is 0 Å². The summed E-state index contributed by atoms with van der Waals surface area (Å²) in [6.07, 6.45) is -4.69. The van der Waals surface area contributed by atoms with E-state index in [1.54, 1.807) is 35.2 Å². The zero-order chi connectivity index (χ0) is 22.6. The summed E-state index contributed by atoms with van der Waals surface area (Å²) < 4.78 is 38.6. The van der Waals surface area contributed by atoms with Crippen molar-refractivity contribution in [1.82, 2.24) is 15.8 Å². The second-order valence-electron chi connectivity index (χ2n) is 6.68. The summed E-state index contributed by atoms with van der Waals surface area (Å²) in [4.78, 5) is 37.6. The fourth-order valence-corrected chi connectivity index (χ4v) is 3.11. The van der Waals surface area contributed by atoms with E-state index < -0.39 is 34.3 Å². The highest BCUT2D eigenvalue weighted by molar-refractivity contribution is 5.95. The summed E-state index contributed by atoms with van der Waals surface area (Å²) in [7, 11) is 0. The zero-order valence-corrected chi connectivity index (χ0v) is 16.1. The number of rotatable bonds is 3. The molecule has 12 heteroatoms. The molecule has 164 valence electrons. The SMILES string of the molecule is O=C(NNC(=O)N1CCN(c2ccc(C(F)(F)F)cc2[N+](=O)[O-])CC1)c1ccccc1. The van der Waals surface area contributed by atoms with Crippen molar-refractivity contribution in [3.63, 3.8) is 0 Å². The Bertz CT molecular complexity index is 976. The Labute approximate surface area is 174 Å². The number of carbonyl (C=O) groups excluding carboxylic acids is 2. The molecule has 0 saturated carbocycles. The number of alkyl halides is 3. The Morgan fingerprint density at radius 3 is 2.19 bits per heavy atom. The molecule has 0 radical (unpaired) electrons. The van der Waals surface area contributed by atoms with Gasteiger partial charge in [-0.2, -0.15) is 13.2 Å². The maximum Gasteiger partial charge on any atom is 0.416 e. The third kappa shape index (κ3) is 5.21. The Morgan fingerprint density at radius 2 is 1.61 bits per heavy atom. The first-order chi connectivity index (χ1) is 14.7. The van der Waals surface area contributed by atoms with Crippen molar-refractivity contribution >= 4 is 23.3 Å². The lowest BCUT2D eigenvalue weighted by Gasteiger charge is -2.35. The Morgan fingerprint density at radius 1 is 0.968 bits per heavy atom. The van der Waals surface area contributed by atoms with Crippen molar-refractivity contribution in [3.8, 4) is 0 Å². The Hall–Kier alpha value is -3.83. The number of benzene rings is 2. The number of piperazine rings is 1. The minimum atomic E-state index is -4.69. The van der Waals surface area contributed by atoms with Crippen LogP contribution in [0.2, 0.25) is 0 Å². The first-order valence-electron chi connectivity index (χ1n) is 9.17. The molecule has 31 heavy (non-hydrogen) atoms. The summed E-state index contributed by atoms with van der Waals surface area (Å²) >= 11 is 0. The van der Waals surface area contributed by atoms with Crippen molar-refractivity contribution < 1.29 is 27.7 Å². The lowest BCUT2D eigenvalue weighted by Crippen LogP contribution is -2.55. The lowest BCUT2D eigenvalue weighted by atomic mass is 10.1. The van der Waals surface area contributed by atoms with Gasteiger partial charge in [0.25, 0.3) is 11.6 Å². The molecule has 0 unspecified atom stereocenters. The largest absolute Gasteiger partial charge is 0.416 e. The maximum absolute atomic E-state index is 12.9. The molecule has 3 rings (SSSR count). The summed E-state index contributed by atoms with van der Waals surface area (Å²) in [5.74, 6) is -0.493. The van der Waals surface area contributed by atoms with E-state index in [0.717, 1.165) is 12.1 Å². The highest BCUT2D eigenvalue weighted by atomic mass is 19.4. The van der Waals surface area contributed by atoms with Crippen LogP contribution in [0.4, 0.5) is 29.3 Å². The molecule has 1 aliphatic heterocycles. The number of urea groups is 1. The molecule has 0 aromatic heterocycles. The molecular formula is C19H18F3N5O4. The highest BCUT2D eigenvalue weighted by Crippen LogP contribution is 2.36. The van der Waals surface area contributed by atoms with Crippen LogP contribution >= 0.6 is 0 Å². The smallest absolute Gasteiger partial charge is 0.362 e. The van der Waals surface area contributed by atoms with Crippen LogP contribution in [-0.2, 0) is 6.18 Å². The molecule has 2 N–H and O–H groups in total. The van der Waals surface area contributed by atoms with E-state index >= 15 is 0 Å². The number of amides is 3. The normalized spacial score (nSPS) is 14.2. The standard InChI is InChI=1S/C19H18F3N5O4/c20-19(21,22)14-6-7-15(16(12-14)27(30)31)25-8-10-26(11-9-25)18(29)24-23-17(28)13-4-2-1-3-5-13/h1-7,12H,8-11H2,(H,23,28)(H,24,29). The van der Waals surface area contributed by atoms with Gasteiger partial charge in [-0.3, -0.25) is 20.3 Å². The van der Waals surface area contributed by atoms with E-state index in [-0.39, 0.29) is 31.9 Å². The van der Waals surface area contributed by atoms with Gasteiger partial charge >= 0.3 is 12.2 Å². The van der Waals surface area contributed by atoms with Crippen LogP contribution < -0.4 is 15.8 Å². The van der Waals surface area contributed by atoms with Gasteiger partial charge in [-0.15, -0.1) is 0 Å². The summed E-state index contributed by atoms with van der Waals surface area (Å²) in [6, 6.07) is 10.1. The first kappa shape index (κ1) is 21.9. The second kappa shape index (κ2) is 8.90. The van der Waals surface area contributed by atoms with Crippen LogP contribution in [0.25, 0.3) is 0 Å². The number of nitrogens with zero attached hydrogens (tertiary/aromatic N) is 3. The maximum atomic E-state index is 12.9. The molecule has 1 aliphatic rings.